The van der Waals surface area contributed by atoms with Gasteiger partial charge in [0.15, 0.2) is 5.16 Å². The second-order valence-electron chi connectivity index (χ2n) is 4.44. The van der Waals surface area contributed by atoms with Crippen molar-refractivity contribution in [2.45, 2.75) is 46.2 Å². The monoisotopic (exact) mass is 191 g/mol. The Labute approximate surface area is 76.6 Å². The van der Waals surface area contributed by atoms with E-state index in [0.717, 1.165) is 6.42 Å². The van der Waals surface area contributed by atoms with Crippen LogP contribution >= 0.6 is 8.03 Å². The lowest BCUT2D eigenvalue weighted by atomic mass is 10.2. The Morgan fingerprint density at radius 2 is 1.83 bits per heavy atom. The van der Waals surface area contributed by atoms with E-state index >= 15 is 0 Å². The van der Waals surface area contributed by atoms with Gasteiger partial charge in [-0.3, -0.25) is 0 Å². The summed E-state index contributed by atoms with van der Waals surface area (Å²) in [5.41, 5.74) is 0. The molecule has 72 valence electrons. The summed E-state index contributed by atoms with van der Waals surface area (Å²) >= 11 is 0. The summed E-state index contributed by atoms with van der Waals surface area (Å²) in [5.74, 6) is 0.619. The molecule has 0 saturated heterocycles. The van der Waals surface area contributed by atoms with E-state index in [1.54, 1.807) is 0 Å². The van der Waals surface area contributed by atoms with Gasteiger partial charge in [0.1, 0.15) is 6.61 Å². The second-order valence-corrected chi connectivity index (χ2v) is 6.56. The van der Waals surface area contributed by atoms with E-state index < -0.39 is 8.03 Å². The zero-order chi connectivity index (χ0) is 9.78. The molecule has 0 aromatic carbocycles. The maximum atomic E-state index is 11.4. The molecule has 0 amide bonds. The van der Waals surface area contributed by atoms with Crippen molar-refractivity contribution in [1.29, 1.82) is 0 Å². The van der Waals surface area contributed by atoms with Crippen LogP contribution in [0.5, 0.6) is 0 Å². The lowest BCUT2D eigenvalue weighted by Gasteiger charge is -2.04. The molecular formula is C9H20O2P+. The molecule has 0 aliphatic heterocycles. The van der Waals surface area contributed by atoms with Gasteiger partial charge in [-0.1, -0.05) is 13.8 Å². The van der Waals surface area contributed by atoms with Crippen LogP contribution in [0.2, 0.25) is 0 Å². The van der Waals surface area contributed by atoms with E-state index in [0.29, 0.717) is 12.5 Å². The molecule has 12 heavy (non-hydrogen) atoms. The summed E-state index contributed by atoms with van der Waals surface area (Å²) in [7, 11) is -1.50. The van der Waals surface area contributed by atoms with Crippen LogP contribution in [0.25, 0.3) is 0 Å². The van der Waals surface area contributed by atoms with Crippen LogP contribution in [0.1, 0.15) is 41.0 Å². The minimum Gasteiger partial charge on any atom is -0.146 e. The first-order valence-electron chi connectivity index (χ1n) is 4.44. The molecule has 0 spiro atoms. The van der Waals surface area contributed by atoms with Crippen molar-refractivity contribution in [2.75, 3.05) is 6.61 Å². The summed E-state index contributed by atoms with van der Waals surface area (Å²) < 4.78 is 16.6. The number of hydrogen-bond donors (Lipinski definition) is 0. The van der Waals surface area contributed by atoms with E-state index in [2.05, 4.69) is 13.8 Å². The molecule has 1 atom stereocenters. The van der Waals surface area contributed by atoms with E-state index in [1.165, 1.54) is 0 Å². The summed E-state index contributed by atoms with van der Waals surface area (Å²) in [5, 5.41) is -0.216. The molecule has 0 fully saturated rings. The largest absolute Gasteiger partial charge is 0.513 e. The van der Waals surface area contributed by atoms with Crippen molar-refractivity contribution in [3.8, 4) is 0 Å². The third-order valence-corrected chi connectivity index (χ3v) is 2.96. The summed E-state index contributed by atoms with van der Waals surface area (Å²) in [6.45, 7) is 10.7. The highest BCUT2D eigenvalue weighted by molar-refractivity contribution is 7.41. The highest BCUT2D eigenvalue weighted by Crippen LogP contribution is 2.39. The van der Waals surface area contributed by atoms with Gasteiger partial charge < -0.3 is 0 Å². The smallest absolute Gasteiger partial charge is 0.146 e. The van der Waals surface area contributed by atoms with Gasteiger partial charge in [-0.15, -0.1) is 4.52 Å². The van der Waals surface area contributed by atoms with Crippen molar-refractivity contribution >= 4 is 8.03 Å². The maximum Gasteiger partial charge on any atom is 0.513 e. The van der Waals surface area contributed by atoms with Crippen LogP contribution in [-0.4, -0.2) is 11.8 Å². The van der Waals surface area contributed by atoms with E-state index in [4.69, 9.17) is 4.52 Å². The van der Waals surface area contributed by atoms with Gasteiger partial charge in [-0.2, -0.15) is 0 Å². The third-order valence-electron chi connectivity index (χ3n) is 1.45. The molecule has 1 unspecified atom stereocenters. The fourth-order valence-electron chi connectivity index (χ4n) is 0.565. The molecule has 0 aliphatic carbocycles. The Balaban J connectivity index is 3.59. The lowest BCUT2D eigenvalue weighted by Crippen LogP contribution is -2.09. The topological polar surface area (TPSA) is 26.3 Å². The van der Waals surface area contributed by atoms with Gasteiger partial charge in [-0.25, -0.2) is 0 Å². The van der Waals surface area contributed by atoms with Gasteiger partial charge in [0, 0.05) is 0 Å². The van der Waals surface area contributed by atoms with E-state index in [9.17, 15) is 4.57 Å². The summed E-state index contributed by atoms with van der Waals surface area (Å²) in [6, 6.07) is 0. The lowest BCUT2D eigenvalue weighted by molar-refractivity contribution is 0.291. The molecule has 0 radical (unpaired) electrons. The van der Waals surface area contributed by atoms with Crippen molar-refractivity contribution in [3.05, 3.63) is 0 Å². The van der Waals surface area contributed by atoms with Crippen molar-refractivity contribution in [3.63, 3.8) is 0 Å². The number of hydrogen-bond acceptors (Lipinski definition) is 2. The summed E-state index contributed by atoms with van der Waals surface area (Å²) in [4.78, 5) is 0. The van der Waals surface area contributed by atoms with Gasteiger partial charge in [-0.05, 0) is 37.7 Å². The molecule has 3 heteroatoms. The zero-order valence-electron chi connectivity index (χ0n) is 8.76. The predicted octanol–water partition coefficient (Wildman–Crippen LogP) is 3.59. The molecule has 2 nitrogen and oxygen atoms in total. The van der Waals surface area contributed by atoms with Crippen LogP contribution in [0, 0.1) is 5.92 Å². The molecule has 0 rings (SSSR count). The van der Waals surface area contributed by atoms with Crippen LogP contribution in [0.3, 0.4) is 0 Å². The Hall–Kier alpha value is 0.0600. The molecule has 0 saturated carbocycles. The normalized spacial score (nSPS) is 13.7. The maximum absolute atomic E-state index is 11.4. The second kappa shape index (κ2) is 4.94. The average Bonchev–Trinajstić information content (AvgIpc) is 1.84. The van der Waals surface area contributed by atoms with Gasteiger partial charge >= 0.3 is 8.03 Å². The standard InChI is InChI=1S/C9H20O2P/c1-8(2)6-7-11-12(10)9(3,4)5/h8H,6-7H2,1-5H3/q+1. The SMILES string of the molecule is CC(C)CCO[P+](=O)C(C)(C)C. The molecule has 0 aromatic heterocycles. The zero-order valence-corrected chi connectivity index (χ0v) is 9.65. The molecule has 0 aromatic rings. The van der Waals surface area contributed by atoms with Gasteiger partial charge in [0.25, 0.3) is 0 Å². The van der Waals surface area contributed by atoms with Crippen molar-refractivity contribution in [2.24, 2.45) is 5.92 Å². The molecule has 0 bridgehead atoms. The molecule has 0 N–H and O–H groups in total. The minimum atomic E-state index is -1.50. The Kier molecular flexibility index (Phi) is 4.96. The van der Waals surface area contributed by atoms with Crippen LogP contribution in [-0.2, 0) is 9.09 Å². The van der Waals surface area contributed by atoms with E-state index in [-0.39, 0.29) is 5.16 Å². The predicted molar refractivity (Wildman–Crippen MR) is 52.8 cm³/mol. The van der Waals surface area contributed by atoms with Gasteiger partial charge in [0.05, 0.1) is 0 Å². The Morgan fingerprint density at radius 1 is 1.33 bits per heavy atom. The molecule has 0 aliphatic rings. The summed E-state index contributed by atoms with van der Waals surface area (Å²) in [6.07, 6.45) is 0.983. The van der Waals surface area contributed by atoms with Crippen LogP contribution in [0.15, 0.2) is 0 Å². The molecule has 0 heterocycles. The van der Waals surface area contributed by atoms with Crippen molar-refractivity contribution in [1.82, 2.24) is 0 Å². The highest BCUT2D eigenvalue weighted by atomic mass is 31.1. The fraction of sp³-hybridized carbons (Fsp3) is 1.00. The van der Waals surface area contributed by atoms with Gasteiger partial charge in [0.2, 0.25) is 0 Å². The average molecular weight is 191 g/mol. The first-order valence-corrected chi connectivity index (χ1v) is 5.62. The van der Waals surface area contributed by atoms with Crippen molar-refractivity contribution < 1.29 is 9.09 Å². The first-order chi connectivity index (χ1) is 5.34. The van der Waals surface area contributed by atoms with Crippen LogP contribution in [0.4, 0.5) is 0 Å². The first kappa shape index (κ1) is 12.1. The Morgan fingerprint density at radius 3 is 2.17 bits per heavy atom. The number of rotatable bonds is 4. The highest BCUT2D eigenvalue weighted by Gasteiger charge is 2.36. The minimum absolute atomic E-state index is 0.216. The van der Waals surface area contributed by atoms with E-state index in [1.807, 2.05) is 20.8 Å². The fourth-order valence-corrected chi connectivity index (χ4v) is 1.22. The third kappa shape index (κ3) is 5.68. The quantitative estimate of drug-likeness (QED) is 0.635. The Bertz CT molecular complexity index is 147. The molecular weight excluding hydrogens is 171 g/mol. The van der Waals surface area contributed by atoms with Crippen LogP contribution < -0.4 is 0 Å².